The fraction of sp³-hybridized carbons (Fsp3) is 0.211. The normalized spacial score (nSPS) is 10.7. The fourth-order valence-corrected chi connectivity index (χ4v) is 2.69. The zero-order valence-corrected chi connectivity index (χ0v) is 13.3. The second-order valence-electron chi connectivity index (χ2n) is 5.67. The maximum Gasteiger partial charge on any atom is 0.319 e. The number of benzene rings is 2. The van der Waals surface area contributed by atoms with Crippen molar-refractivity contribution in [2.75, 3.05) is 11.9 Å². The highest BCUT2D eigenvalue weighted by Crippen LogP contribution is 2.15. The van der Waals surface area contributed by atoms with Crippen molar-refractivity contribution >= 4 is 22.6 Å². The predicted octanol–water partition coefficient (Wildman–Crippen LogP) is 4.16. The van der Waals surface area contributed by atoms with Gasteiger partial charge in [-0.15, -0.1) is 0 Å². The third-order valence-corrected chi connectivity index (χ3v) is 3.82. The molecule has 4 nitrogen and oxygen atoms in total. The third-order valence-electron chi connectivity index (χ3n) is 3.82. The van der Waals surface area contributed by atoms with Crippen LogP contribution in [0.4, 0.5) is 10.5 Å². The van der Waals surface area contributed by atoms with E-state index in [9.17, 15) is 4.79 Å². The highest BCUT2D eigenvalue weighted by molar-refractivity contribution is 5.89. The molecule has 4 heteroatoms. The molecule has 23 heavy (non-hydrogen) atoms. The summed E-state index contributed by atoms with van der Waals surface area (Å²) in [5, 5.41) is 6.99. The number of nitrogens with one attached hydrogen (secondary N) is 2. The highest BCUT2D eigenvalue weighted by atomic mass is 16.2. The molecule has 0 fully saturated rings. The van der Waals surface area contributed by atoms with Crippen molar-refractivity contribution in [3.8, 4) is 0 Å². The van der Waals surface area contributed by atoms with Gasteiger partial charge in [0.25, 0.3) is 0 Å². The van der Waals surface area contributed by atoms with Crippen molar-refractivity contribution in [1.29, 1.82) is 0 Å². The lowest BCUT2D eigenvalue weighted by Crippen LogP contribution is -2.30. The van der Waals surface area contributed by atoms with Gasteiger partial charge in [0.2, 0.25) is 0 Å². The molecule has 0 radical (unpaired) electrons. The standard InChI is InChI=1S/C19H21N3O/c1-15-6-4-8-17(14-15)21-19(23)20-11-5-12-22-13-10-16-7-2-3-9-18(16)22/h2-4,6-10,13-14H,5,11-12H2,1H3,(H2,20,21,23). The minimum atomic E-state index is -0.159. The van der Waals surface area contributed by atoms with Crippen molar-refractivity contribution < 1.29 is 4.79 Å². The molecule has 118 valence electrons. The summed E-state index contributed by atoms with van der Waals surface area (Å²) in [6.07, 6.45) is 2.98. The molecular formula is C19H21N3O. The molecule has 0 spiro atoms. The molecule has 3 rings (SSSR count). The zero-order chi connectivity index (χ0) is 16.1. The summed E-state index contributed by atoms with van der Waals surface area (Å²) in [6.45, 7) is 3.53. The summed E-state index contributed by atoms with van der Waals surface area (Å²) in [5.74, 6) is 0. The first-order valence-electron chi connectivity index (χ1n) is 7.88. The van der Waals surface area contributed by atoms with Crippen LogP contribution in [-0.2, 0) is 6.54 Å². The Morgan fingerprint density at radius 3 is 2.83 bits per heavy atom. The Balaban J connectivity index is 1.45. The number of nitrogens with zero attached hydrogens (tertiary/aromatic N) is 1. The largest absolute Gasteiger partial charge is 0.347 e. The Kier molecular flexibility index (Phi) is 4.62. The monoisotopic (exact) mass is 307 g/mol. The van der Waals surface area contributed by atoms with E-state index in [2.05, 4.69) is 39.6 Å². The minimum Gasteiger partial charge on any atom is -0.347 e. The van der Waals surface area contributed by atoms with Gasteiger partial charge in [0, 0.05) is 30.5 Å². The molecule has 0 aliphatic carbocycles. The van der Waals surface area contributed by atoms with Crippen LogP contribution in [0.3, 0.4) is 0 Å². The number of anilines is 1. The summed E-state index contributed by atoms with van der Waals surface area (Å²) in [6, 6.07) is 18.1. The van der Waals surface area contributed by atoms with E-state index in [1.54, 1.807) is 0 Å². The molecule has 1 aromatic heterocycles. The van der Waals surface area contributed by atoms with Gasteiger partial charge in [0.05, 0.1) is 0 Å². The Labute approximate surface area is 136 Å². The Hall–Kier alpha value is -2.75. The van der Waals surface area contributed by atoms with Gasteiger partial charge < -0.3 is 15.2 Å². The lowest BCUT2D eigenvalue weighted by Gasteiger charge is -2.09. The number of carbonyl (C=O) groups is 1. The van der Waals surface area contributed by atoms with Gasteiger partial charge in [-0.1, -0.05) is 30.3 Å². The minimum absolute atomic E-state index is 0.159. The van der Waals surface area contributed by atoms with Crippen LogP contribution in [0.15, 0.2) is 60.8 Å². The Bertz CT molecular complexity index is 807. The smallest absolute Gasteiger partial charge is 0.319 e. The fourth-order valence-electron chi connectivity index (χ4n) is 2.69. The first-order valence-corrected chi connectivity index (χ1v) is 7.88. The van der Waals surface area contributed by atoms with E-state index in [0.717, 1.165) is 24.2 Å². The highest BCUT2D eigenvalue weighted by Gasteiger charge is 2.02. The molecule has 0 saturated heterocycles. The molecule has 2 amide bonds. The summed E-state index contributed by atoms with van der Waals surface area (Å²) in [5.41, 5.74) is 3.18. The predicted molar refractivity (Wildman–Crippen MR) is 94.8 cm³/mol. The van der Waals surface area contributed by atoms with E-state index >= 15 is 0 Å². The molecular weight excluding hydrogens is 286 g/mol. The lowest BCUT2D eigenvalue weighted by molar-refractivity contribution is 0.252. The van der Waals surface area contributed by atoms with Crippen molar-refractivity contribution in [3.63, 3.8) is 0 Å². The molecule has 0 saturated carbocycles. The van der Waals surface area contributed by atoms with Crippen molar-refractivity contribution in [2.24, 2.45) is 0 Å². The SMILES string of the molecule is Cc1cccc(NC(=O)NCCCn2ccc3ccccc32)c1. The van der Waals surface area contributed by atoms with E-state index in [-0.39, 0.29) is 6.03 Å². The van der Waals surface area contributed by atoms with E-state index in [0.29, 0.717) is 6.54 Å². The number of urea groups is 1. The number of aromatic nitrogens is 1. The van der Waals surface area contributed by atoms with Crippen molar-refractivity contribution in [2.45, 2.75) is 19.9 Å². The molecule has 3 aromatic rings. The van der Waals surface area contributed by atoms with Crippen LogP contribution >= 0.6 is 0 Å². The summed E-state index contributed by atoms with van der Waals surface area (Å²) in [4.78, 5) is 11.9. The molecule has 1 heterocycles. The first kappa shape index (κ1) is 15.2. The van der Waals surface area contributed by atoms with Gasteiger partial charge in [-0.25, -0.2) is 4.79 Å². The zero-order valence-electron chi connectivity index (χ0n) is 13.3. The average molecular weight is 307 g/mol. The maximum atomic E-state index is 11.9. The second kappa shape index (κ2) is 7.01. The first-order chi connectivity index (χ1) is 11.2. The van der Waals surface area contributed by atoms with Crippen molar-refractivity contribution in [3.05, 3.63) is 66.4 Å². The number of hydrogen-bond acceptors (Lipinski definition) is 1. The number of para-hydroxylation sites is 1. The third kappa shape index (κ3) is 3.92. The summed E-state index contributed by atoms with van der Waals surface area (Å²) >= 11 is 0. The topological polar surface area (TPSA) is 46.1 Å². The van der Waals surface area contributed by atoms with Crippen LogP contribution in [0.25, 0.3) is 10.9 Å². The lowest BCUT2D eigenvalue weighted by atomic mass is 10.2. The average Bonchev–Trinajstić information content (AvgIpc) is 2.95. The molecule has 0 aliphatic rings. The van der Waals surface area contributed by atoms with Crippen LogP contribution in [0.5, 0.6) is 0 Å². The van der Waals surface area contributed by atoms with E-state index in [1.165, 1.54) is 10.9 Å². The number of aryl methyl sites for hydroxylation is 2. The van der Waals surface area contributed by atoms with Gasteiger partial charge in [0.1, 0.15) is 0 Å². The molecule has 2 aromatic carbocycles. The van der Waals surface area contributed by atoms with Gasteiger partial charge in [-0.2, -0.15) is 0 Å². The van der Waals surface area contributed by atoms with Crippen LogP contribution in [0, 0.1) is 6.92 Å². The number of rotatable bonds is 5. The van der Waals surface area contributed by atoms with Crippen LogP contribution in [0.1, 0.15) is 12.0 Å². The van der Waals surface area contributed by atoms with Crippen LogP contribution in [-0.4, -0.2) is 17.1 Å². The summed E-state index contributed by atoms with van der Waals surface area (Å²) < 4.78 is 2.22. The van der Waals surface area contributed by atoms with Gasteiger partial charge in [-0.05, 0) is 48.6 Å². The molecule has 0 atom stereocenters. The quantitative estimate of drug-likeness (QED) is 0.683. The van der Waals surface area contributed by atoms with Crippen molar-refractivity contribution in [1.82, 2.24) is 9.88 Å². The van der Waals surface area contributed by atoms with E-state index in [1.807, 2.05) is 43.3 Å². The van der Waals surface area contributed by atoms with Gasteiger partial charge >= 0.3 is 6.03 Å². The number of carbonyl (C=O) groups excluding carboxylic acids is 1. The number of amides is 2. The van der Waals surface area contributed by atoms with Crippen LogP contribution in [0.2, 0.25) is 0 Å². The molecule has 2 N–H and O–H groups in total. The maximum absolute atomic E-state index is 11.9. The Morgan fingerprint density at radius 1 is 1.09 bits per heavy atom. The van der Waals surface area contributed by atoms with Crippen LogP contribution < -0.4 is 10.6 Å². The Morgan fingerprint density at radius 2 is 1.96 bits per heavy atom. The molecule has 0 bridgehead atoms. The van der Waals surface area contributed by atoms with E-state index < -0.39 is 0 Å². The second-order valence-corrected chi connectivity index (χ2v) is 5.67. The van der Waals surface area contributed by atoms with E-state index in [4.69, 9.17) is 0 Å². The van der Waals surface area contributed by atoms with Gasteiger partial charge in [-0.3, -0.25) is 0 Å². The molecule has 0 unspecified atom stereocenters. The summed E-state index contributed by atoms with van der Waals surface area (Å²) in [7, 11) is 0. The van der Waals surface area contributed by atoms with Gasteiger partial charge in [0.15, 0.2) is 0 Å². The molecule has 0 aliphatic heterocycles. The number of hydrogen-bond donors (Lipinski definition) is 2. The number of fused-ring (bicyclic) bond motifs is 1.